The summed E-state index contributed by atoms with van der Waals surface area (Å²) in [5.41, 5.74) is 2.97. The average molecular weight is 450 g/mol. The van der Waals surface area contributed by atoms with E-state index in [1.54, 1.807) is 36.1 Å². The first kappa shape index (κ1) is 22.5. The third kappa shape index (κ3) is 5.03. The lowest BCUT2D eigenvalue weighted by molar-refractivity contribution is -0.129. The highest BCUT2D eigenvalue weighted by atomic mass is 19.1. The number of benzene rings is 3. The fourth-order valence-corrected chi connectivity index (χ4v) is 4.03. The number of carbonyl (C=O) groups excluding carboxylic acids is 2. The molecule has 1 N–H and O–H groups in total. The Balaban J connectivity index is 1.38. The van der Waals surface area contributed by atoms with Crippen molar-refractivity contribution in [3.05, 3.63) is 83.9 Å². The second-order valence-electron chi connectivity index (χ2n) is 8.22. The minimum absolute atomic E-state index is 0.0655. The summed E-state index contributed by atoms with van der Waals surface area (Å²) >= 11 is 0. The van der Waals surface area contributed by atoms with E-state index in [1.165, 1.54) is 12.1 Å². The normalized spacial score (nSPS) is 15.4. The Kier molecular flexibility index (Phi) is 6.40. The lowest BCUT2D eigenvalue weighted by Gasteiger charge is -2.24. The van der Waals surface area contributed by atoms with Crippen LogP contribution in [0.3, 0.4) is 0 Å². The molecule has 0 spiro atoms. The Bertz CT molecular complexity index is 1160. The zero-order chi connectivity index (χ0) is 23.5. The van der Waals surface area contributed by atoms with Gasteiger partial charge in [-0.2, -0.15) is 0 Å². The predicted molar refractivity (Wildman–Crippen MR) is 125 cm³/mol. The molecule has 7 heteroatoms. The summed E-state index contributed by atoms with van der Waals surface area (Å²) in [6.07, 6.45) is 0.923. The average Bonchev–Trinajstić information content (AvgIpc) is 3.29. The number of hydrogen-bond acceptors (Lipinski definition) is 3. The van der Waals surface area contributed by atoms with Crippen LogP contribution in [-0.2, 0) is 4.79 Å². The van der Waals surface area contributed by atoms with Gasteiger partial charge in [0.15, 0.2) is 0 Å². The number of carbonyl (C=O) groups is 2. The Labute approximate surface area is 191 Å². The van der Waals surface area contributed by atoms with E-state index in [2.05, 4.69) is 10.2 Å². The zero-order valence-corrected chi connectivity index (χ0v) is 18.5. The molecule has 0 radical (unpaired) electrons. The van der Waals surface area contributed by atoms with Gasteiger partial charge in [-0.25, -0.2) is 8.78 Å². The van der Waals surface area contributed by atoms with Crippen molar-refractivity contribution < 1.29 is 18.4 Å². The quantitative estimate of drug-likeness (QED) is 0.600. The molecule has 1 saturated heterocycles. The van der Waals surface area contributed by atoms with E-state index in [9.17, 15) is 18.4 Å². The second-order valence-corrected chi connectivity index (χ2v) is 8.22. The number of likely N-dealkylation sites (N-methyl/N-ethyl adjacent to an activating group) is 1. The molecule has 5 nitrogen and oxygen atoms in total. The van der Waals surface area contributed by atoms with Gasteiger partial charge in [0.1, 0.15) is 11.6 Å². The molecule has 0 bridgehead atoms. The molecule has 33 heavy (non-hydrogen) atoms. The van der Waals surface area contributed by atoms with E-state index in [0.717, 1.165) is 31.3 Å². The Morgan fingerprint density at radius 2 is 1.70 bits per heavy atom. The summed E-state index contributed by atoms with van der Waals surface area (Å²) in [7, 11) is 1.83. The van der Waals surface area contributed by atoms with E-state index >= 15 is 0 Å². The van der Waals surface area contributed by atoms with Crippen molar-refractivity contribution in [2.45, 2.75) is 19.4 Å². The number of rotatable bonds is 5. The molecule has 1 unspecified atom stereocenters. The van der Waals surface area contributed by atoms with Gasteiger partial charge >= 0.3 is 0 Å². The van der Waals surface area contributed by atoms with Gasteiger partial charge in [-0.1, -0.05) is 12.1 Å². The SMILES string of the molecule is CC(=O)N(C)C1CCN(c2ccc(NC(=O)c3ccc(-c4ccc(F)cc4F)cc3)cc2)C1. The fraction of sp³-hybridized carbons (Fsp3) is 0.231. The van der Waals surface area contributed by atoms with E-state index in [-0.39, 0.29) is 23.4 Å². The van der Waals surface area contributed by atoms with Crippen LogP contribution in [0.15, 0.2) is 66.7 Å². The van der Waals surface area contributed by atoms with Gasteiger partial charge in [-0.05, 0) is 60.5 Å². The smallest absolute Gasteiger partial charge is 0.255 e. The van der Waals surface area contributed by atoms with Gasteiger partial charge in [0.2, 0.25) is 5.91 Å². The van der Waals surface area contributed by atoms with Crippen LogP contribution in [0.4, 0.5) is 20.2 Å². The van der Waals surface area contributed by atoms with Crippen molar-refractivity contribution in [2.75, 3.05) is 30.4 Å². The summed E-state index contributed by atoms with van der Waals surface area (Å²) in [4.78, 5) is 28.2. The Morgan fingerprint density at radius 1 is 1.00 bits per heavy atom. The molecule has 1 atom stereocenters. The molecule has 1 aliphatic rings. The predicted octanol–water partition coefficient (Wildman–Crippen LogP) is 4.94. The van der Waals surface area contributed by atoms with Crippen LogP contribution in [0.2, 0.25) is 0 Å². The lowest BCUT2D eigenvalue weighted by Crippen LogP contribution is -2.37. The van der Waals surface area contributed by atoms with Gasteiger partial charge in [0.05, 0.1) is 6.04 Å². The first-order valence-corrected chi connectivity index (χ1v) is 10.8. The van der Waals surface area contributed by atoms with Crippen molar-refractivity contribution in [3.63, 3.8) is 0 Å². The molecular weight excluding hydrogens is 424 g/mol. The van der Waals surface area contributed by atoms with Crippen LogP contribution in [0.25, 0.3) is 11.1 Å². The minimum atomic E-state index is -0.649. The van der Waals surface area contributed by atoms with Crippen LogP contribution in [0, 0.1) is 11.6 Å². The summed E-state index contributed by atoms with van der Waals surface area (Å²) in [6.45, 7) is 3.23. The van der Waals surface area contributed by atoms with E-state index in [1.807, 2.05) is 31.3 Å². The number of hydrogen-bond donors (Lipinski definition) is 1. The third-order valence-corrected chi connectivity index (χ3v) is 6.09. The molecule has 0 aliphatic carbocycles. The van der Waals surface area contributed by atoms with Crippen LogP contribution in [-0.4, -0.2) is 42.9 Å². The first-order chi connectivity index (χ1) is 15.8. The van der Waals surface area contributed by atoms with Crippen molar-refractivity contribution in [1.82, 2.24) is 4.90 Å². The van der Waals surface area contributed by atoms with Crippen molar-refractivity contribution >= 4 is 23.2 Å². The molecule has 4 rings (SSSR count). The molecule has 3 aromatic carbocycles. The third-order valence-electron chi connectivity index (χ3n) is 6.09. The topological polar surface area (TPSA) is 52.7 Å². The number of anilines is 2. The van der Waals surface area contributed by atoms with Crippen LogP contribution < -0.4 is 10.2 Å². The van der Waals surface area contributed by atoms with Gasteiger partial charge < -0.3 is 15.1 Å². The summed E-state index contributed by atoms with van der Waals surface area (Å²) < 4.78 is 27.1. The van der Waals surface area contributed by atoms with Crippen molar-refractivity contribution in [3.8, 4) is 11.1 Å². The molecule has 1 fully saturated rings. The summed E-state index contributed by atoms with van der Waals surface area (Å²) in [5, 5.41) is 2.86. The van der Waals surface area contributed by atoms with E-state index < -0.39 is 11.6 Å². The number of nitrogens with one attached hydrogen (secondary N) is 1. The monoisotopic (exact) mass is 449 g/mol. The standard InChI is InChI=1S/C26H25F2N3O2/c1-17(32)30(2)23-13-14-31(16-23)22-10-8-21(9-11-22)29-26(33)19-5-3-18(4-6-19)24-12-7-20(27)15-25(24)28/h3-12,15,23H,13-14,16H2,1-2H3,(H,29,33). The maximum absolute atomic E-state index is 14.0. The van der Waals surface area contributed by atoms with Gasteiger partial charge in [-0.15, -0.1) is 0 Å². The Morgan fingerprint density at radius 3 is 2.33 bits per heavy atom. The zero-order valence-electron chi connectivity index (χ0n) is 18.5. The summed E-state index contributed by atoms with van der Waals surface area (Å²) in [6, 6.07) is 17.7. The second kappa shape index (κ2) is 9.40. The maximum Gasteiger partial charge on any atom is 0.255 e. The number of halogens is 2. The summed E-state index contributed by atoms with van der Waals surface area (Å²) in [5.74, 6) is -1.50. The van der Waals surface area contributed by atoms with Gasteiger partial charge in [0, 0.05) is 55.6 Å². The van der Waals surface area contributed by atoms with Gasteiger partial charge in [0.25, 0.3) is 5.91 Å². The highest BCUT2D eigenvalue weighted by molar-refractivity contribution is 6.04. The highest BCUT2D eigenvalue weighted by Crippen LogP contribution is 2.26. The largest absolute Gasteiger partial charge is 0.369 e. The maximum atomic E-state index is 14.0. The fourth-order valence-electron chi connectivity index (χ4n) is 4.03. The van der Waals surface area contributed by atoms with Crippen molar-refractivity contribution in [2.24, 2.45) is 0 Å². The Hall–Kier alpha value is -3.74. The first-order valence-electron chi connectivity index (χ1n) is 10.8. The molecule has 2 amide bonds. The minimum Gasteiger partial charge on any atom is -0.369 e. The molecule has 0 saturated carbocycles. The van der Waals surface area contributed by atoms with Gasteiger partial charge in [-0.3, -0.25) is 9.59 Å². The van der Waals surface area contributed by atoms with Crippen molar-refractivity contribution in [1.29, 1.82) is 0 Å². The molecule has 1 aliphatic heterocycles. The van der Waals surface area contributed by atoms with E-state index in [0.29, 0.717) is 16.8 Å². The lowest BCUT2D eigenvalue weighted by atomic mass is 10.0. The van der Waals surface area contributed by atoms with Crippen LogP contribution >= 0.6 is 0 Å². The molecular formula is C26H25F2N3O2. The molecule has 0 aromatic heterocycles. The number of amides is 2. The van der Waals surface area contributed by atoms with Crippen LogP contribution in [0.5, 0.6) is 0 Å². The molecule has 1 heterocycles. The van der Waals surface area contributed by atoms with E-state index in [4.69, 9.17) is 0 Å². The number of nitrogens with zero attached hydrogens (tertiary/aromatic N) is 2. The molecule has 3 aromatic rings. The van der Waals surface area contributed by atoms with Crippen LogP contribution in [0.1, 0.15) is 23.7 Å². The molecule has 170 valence electrons. The highest BCUT2D eigenvalue weighted by Gasteiger charge is 2.27.